The van der Waals surface area contributed by atoms with Crippen LogP contribution in [0, 0.1) is 6.92 Å². The molecule has 3 heterocycles. The molecule has 0 aliphatic rings. The van der Waals surface area contributed by atoms with Crippen molar-refractivity contribution in [3.63, 3.8) is 0 Å². The van der Waals surface area contributed by atoms with Crippen molar-refractivity contribution in [1.82, 2.24) is 34.5 Å². The van der Waals surface area contributed by atoms with Crippen molar-refractivity contribution >= 4 is 22.8 Å². The molecule has 0 aliphatic heterocycles. The van der Waals surface area contributed by atoms with E-state index in [1.165, 1.54) is 18.0 Å². The van der Waals surface area contributed by atoms with Crippen molar-refractivity contribution in [2.75, 3.05) is 0 Å². The van der Waals surface area contributed by atoms with E-state index in [9.17, 15) is 4.79 Å². The summed E-state index contributed by atoms with van der Waals surface area (Å²) in [5.41, 5.74) is 3.25. The lowest BCUT2D eigenvalue weighted by atomic mass is 10.1. The summed E-state index contributed by atoms with van der Waals surface area (Å²) in [5, 5.41) is 14.6. The number of nitrogens with zero attached hydrogens (tertiary/aromatic N) is 6. The number of nitrogens with one attached hydrogen (secondary N) is 1. The molecule has 0 fully saturated rings. The number of aryl methyl sites for hydroxylation is 1. The third-order valence-electron chi connectivity index (χ3n) is 4.91. The highest BCUT2D eigenvalue weighted by Crippen LogP contribution is 2.28. The molecule has 154 valence electrons. The number of hydrogen-bond donors (Lipinski definition) is 1. The van der Waals surface area contributed by atoms with Gasteiger partial charge in [-0.1, -0.05) is 42.0 Å². The van der Waals surface area contributed by atoms with Crippen LogP contribution in [0.1, 0.15) is 12.5 Å². The zero-order valence-corrected chi connectivity index (χ0v) is 17.8. The highest BCUT2D eigenvalue weighted by Gasteiger charge is 2.17. The smallest absolute Gasteiger partial charge is 0.262 e. The second kappa shape index (κ2) is 7.84. The summed E-state index contributed by atoms with van der Waals surface area (Å²) in [6.45, 7) is 4.77. The first kappa shape index (κ1) is 19.3. The van der Waals surface area contributed by atoms with Crippen molar-refractivity contribution < 1.29 is 0 Å². The summed E-state index contributed by atoms with van der Waals surface area (Å²) in [6.07, 6.45) is 1.53. The number of hydrogen-bond acceptors (Lipinski definition) is 6. The summed E-state index contributed by atoms with van der Waals surface area (Å²) in [6, 6.07) is 17.8. The third kappa shape index (κ3) is 3.53. The minimum Gasteiger partial charge on any atom is -0.302 e. The van der Waals surface area contributed by atoms with E-state index in [1.54, 1.807) is 4.68 Å². The molecule has 0 amide bonds. The average Bonchev–Trinajstić information content (AvgIpc) is 3.39. The van der Waals surface area contributed by atoms with E-state index < -0.39 is 0 Å². The van der Waals surface area contributed by atoms with Gasteiger partial charge in [0.25, 0.3) is 5.56 Å². The number of benzene rings is 2. The number of rotatable bonds is 5. The maximum atomic E-state index is 12.6. The zero-order valence-electron chi connectivity index (χ0n) is 17.0. The molecule has 0 atom stereocenters. The Morgan fingerprint density at radius 1 is 1.06 bits per heavy atom. The van der Waals surface area contributed by atoms with Crippen LogP contribution < -0.4 is 5.56 Å². The number of aromatic nitrogens is 7. The first-order chi connectivity index (χ1) is 15.1. The normalized spacial score (nSPS) is 11.3. The van der Waals surface area contributed by atoms with Crippen LogP contribution in [0.2, 0.25) is 0 Å². The molecule has 0 unspecified atom stereocenters. The molecular weight excluding hydrogens is 410 g/mol. The van der Waals surface area contributed by atoms with Gasteiger partial charge in [-0.2, -0.15) is 5.10 Å². The highest BCUT2D eigenvalue weighted by atomic mass is 32.2. The first-order valence-electron chi connectivity index (χ1n) is 9.85. The van der Waals surface area contributed by atoms with Crippen molar-refractivity contribution in [1.29, 1.82) is 0 Å². The van der Waals surface area contributed by atoms with E-state index >= 15 is 0 Å². The van der Waals surface area contributed by atoms with E-state index in [1.807, 2.05) is 66.9 Å². The Labute approximate surface area is 182 Å². The predicted molar refractivity (Wildman–Crippen MR) is 119 cm³/mol. The van der Waals surface area contributed by atoms with E-state index in [-0.39, 0.29) is 5.56 Å². The third-order valence-corrected chi connectivity index (χ3v) is 5.79. The molecule has 2 aromatic carbocycles. The monoisotopic (exact) mass is 429 g/mol. The molecule has 0 saturated carbocycles. The fourth-order valence-electron chi connectivity index (χ4n) is 3.44. The van der Waals surface area contributed by atoms with E-state index in [4.69, 9.17) is 0 Å². The second-order valence-electron chi connectivity index (χ2n) is 7.02. The average molecular weight is 430 g/mol. The van der Waals surface area contributed by atoms with Crippen LogP contribution in [0.5, 0.6) is 0 Å². The molecule has 1 N–H and O–H groups in total. The van der Waals surface area contributed by atoms with E-state index in [2.05, 4.69) is 31.3 Å². The van der Waals surface area contributed by atoms with Crippen molar-refractivity contribution in [3.8, 4) is 17.1 Å². The maximum Gasteiger partial charge on any atom is 0.262 e. The fraction of sp³-hybridized carbons (Fsp3) is 0.136. The van der Waals surface area contributed by atoms with E-state index in [0.29, 0.717) is 27.9 Å². The van der Waals surface area contributed by atoms with Crippen LogP contribution in [0.4, 0.5) is 0 Å². The molecule has 5 rings (SSSR count). The molecule has 0 radical (unpaired) electrons. The van der Waals surface area contributed by atoms with Crippen molar-refractivity contribution in [3.05, 3.63) is 76.7 Å². The lowest BCUT2D eigenvalue weighted by Gasteiger charge is -2.08. The minimum absolute atomic E-state index is 0.240. The van der Waals surface area contributed by atoms with Crippen molar-refractivity contribution in [2.45, 2.75) is 30.7 Å². The topological polar surface area (TPSA) is 94.3 Å². The van der Waals surface area contributed by atoms with Gasteiger partial charge in [0.2, 0.25) is 0 Å². The summed E-state index contributed by atoms with van der Waals surface area (Å²) >= 11 is 1.28. The van der Waals surface area contributed by atoms with Gasteiger partial charge in [0.1, 0.15) is 5.39 Å². The summed E-state index contributed by atoms with van der Waals surface area (Å²) in [5.74, 6) is 0.784. The maximum absolute atomic E-state index is 12.6. The lowest BCUT2D eigenvalue weighted by Crippen LogP contribution is -2.10. The van der Waals surface area contributed by atoms with Gasteiger partial charge in [-0.25, -0.2) is 9.67 Å². The molecule has 3 aromatic heterocycles. The summed E-state index contributed by atoms with van der Waals surface area (Å²) < 4.78 is 3.68. The van der Waals surface area contributed by atoms with Gasteiger partial charge in [-0.15, -0.1) is 10.2 Å². The number of fused-ring (bicyclic) bond motifs is 1. The molecular formula is C22H19N7OS. The van der Waals surface area contributed by atoms with E-state index in [0.717, 1.165) is 22.6 Å². The molecule has 0 spiro atoms. The Balaban J connectivity index is 1.56. The number of aromatic amines is 1. The van der Waals surface area contributed by atoms with Gasteiger partial charge in [-0.3, -0.25) is 4.79 Å². The van der Waals surface area contributed by atoms with Gasteiger partial charge in [-0.05, 0) is 43.8 Å². The number of H-pyrrole nitrogens is 1. The lowest BCUT2D eigenvalue weighted by molar-refractivity contribution is 0.685. The van der Waals surface area contributed by atoms with Crippen LogP contribution in [0.25, 0.3) is 28.1 Å². The molecule has 5 aromatic rings. The number of para-hydroxylation sites is 1. The van der Waals surface area contributed by atoms with Crippen LogP contribution >= 0.6 is 11.8 Å². The van der Waals surface area contributed by atoms with Gasteiger partial charge in [0.05, 0.1) is 11.9 Å². The first-order valence-corrected chi connectivity index (χ1v) is 10.7. The molecule has 8 nitrogen and oxygen atoms in total. The fourth-order valence-corrected chi connectivity index (χ4v) is 4.29. The molecule has 0 saturated heterocycles. The van der Waals surface area contributed by atoms with Crippen LogP contribution in [-0.2, 0) is 6.54 Å². The van der Waals surface area contributed by atoms with Gasteiger partial charge < -0.3 is 9.55 Å². The highest BCUT2D eigenvalue weighted by molar-refractivity contribution is 7.99. The van der Waals surface area contributed by atoms with Crippen LogP contribution in [-0.4, -0.2) is 34.5 Å². The van der Waals surface area contributed by atoms with Gasteiger partial charge in [0, 0.05) is 12.1 Å². The molecule has 9 heteroatoms. The Bertz CT molecular complexity index is 1440. The predicted octanol–water partition coefficient (Wildman–Crippen LogP) is 3.85. The quantitative estimate of drug-likeness (QED) is 0.427. The Kier molecular flexibility index (Phi) is 4.87. The van der Waals surface area contributed by atoms with Gasteiger partial charge >= 0.3 is 0 Å². The van der Waals surface area contributed by atoms with Crippen LogP contribution in [0.15, 0.2) is 75.9 Å². The zero-order chi connectivity index (χ0) is 21.4. The Morgan fingerprint density at radius 2 is 1.90 bits per heavy atom. The summed E-state index contributed by atoms with van der Waals surface area (Å²) in [4.78, 5) is 20.1. The molecule has 0 aliphatic carbocycles. The van der Waals surface area contributed by atoms with Gasteiger partial charge in [0.15, 0.2) is 21.8 Å². The standard InChI is InChI=1S/C22H19N7OS/c1-3-28-18(15-9-7-8-14(2)12-15)26-27-22(28)31-21-24-19-17(20(30)25-21)13-23-29(19)16-10-5-4-6-11-16/h4-13H,3H2,1-2H3,(H,24,25,30). The molecule has 31 heavy (non-hydrogen) atoms. The largest absolute Gasteiger partial charge is 0.302 e. The van der Waals surface area contributed by atoms with Crippen LogP contribution in [0.3, 0.4) is 0 Å². The molecule has 0 bridgehead atoms. The minimum atomic E-state index is -0.240. The Morgan fingerprint density at radius 3 is 2.68 bits per heavy atom. The van der Waals surface area contributed by atoms with Crippen molar-refractivity contribution in [2.24, 2.45) is 0 Å². The SMILES string of the molecule is CCn1c(Sc2nc3c(cnn3-c3ccccc3)c(=O)[nH]2)nnc1-c1cccc(C)c1. The Hall–Kier alpha value is -3.72. The summed E-state index contributed by atoms with van der Waals surface area (Å²) in [7, 11) is 0. The second-order valence-corrected chi connectivity index (χ2v) is 7.98.